The molecule has 4 N–H and O–H groups in total. The molecule has 1 saturated heterocycles. The molecular weight excluding hydrogens is 464 g/mol. The first-order valence-electron chi connectivity index (χ1n) is 13.1. The van der Waals surface area contributed by atoms with Gasteiger partial charge in [-0.3, -0.25) is 9.69 Å². The first-order chi connectivity index (χ1) is 18.1. The summed E-state index contributed by atoms with van der Waals surface area (Å²) in [5, 5.41) is 14.1. The number of nitrogens with one attached hydrogen (secondary N) is 2. The molecule has 2 aromatic heterocycles. The van der Waals surface area contributed by atoms with Crippen LogP contribution in [0.25, 0.3) is 21.9 Å². The van der Waals surface area contributed by atoms with E-state index in [0.29, 0.717) is 24.4 Å². The lowest BCUT2D eigenvalue weighted by molar-refractivity contribution is 0.0928. The third-order valence-corrected chi connectivity index (χ3v) is 7.19. The Labute approximate surface area is 217 Å². The molecule has 0 bridgehead atoms. The number of aromatic nitrogens is 1. The number of furan rings is 1. The van der Waals surface area contributed by atoms with Crippen LogP contribution >= 0.6 is 0 Å². The molecule has 0 unspecified atom stereocenters. The number of hydrogen-bond donors (Lipinski definition) is 3. The van der Waals surface area contributed by atoms with Gasteiger partial charge in [0.15, 0.2) is 5.76 Å². The highest BCUT2D eigenvalue weighted by atomic mass is 16.3. The molecule has 192 valence electrons. The summed E-state index contributed by atoms with van der Waals surface area (Å²) in [4.78, 5) is 20.6. The van der Waals surface area contributed by atoms with Crippen molar-refractivity contribution in [1.29, 1.82) is 5.26 Å². The van der Waals surface area contributed by atoms with Gasteiger partial charge in [0.2, 0.25) is 0 Å². The number of carbonyl (C=O) groups is 1. The molecule has 1 fully saturated rings. The summed E-state index contributed by atoms with van der Waals surface area (Å²) in [5.41, 5.74) is 10.5. The van der Waals surface area contributed by atoms with Gasteiger partial charge in [0, 0.05) is 60.9 Å². The quantitative estimate of drug-likeness (QED) is 0.285. The Kier molecular flexibility index (Phi) is 7.73. The van der Waals surface area contributed by atoms with E-state index >= 15 is 0 Å². The number of nitrogens with zero attached hydrogens (tertiary/aromatic N) is 3. The van der Waals surface area contributed by atoms with Crippen molar-refractivity contribution in [1.82, 2.24) is 15.2 Å². The van der Waals surface area contributed by atoms with Crippen LogP contribution in [0.15, 0.2) is 53.1 Å². The van der Waals surface area contributed by atoms with Crippen LogP contribution in [0.5, 0.6) is 0 Å². The second-order valence-corrected chi connectivity index (χ2v) is 9.70. The summed E-state index contributed by atoms with van der Waals surface area (Å²) in [5.74, 6) is 0.142. The number of unbranched alkanes of at least 4 members (excludes halogenated alkanes) is 1. The van der Waals surface area contributed by atoms with E-state index in [1.807, 2.05) is 30.3 Å². The van der Waals surface area contributed by atoms with E-state index in [2.05, 4.69) is 44.5 Å². The van der Waals surface area contributed by atoms with Gasteiger partial charge in [0.25, 0.3) is 5.91 Å². The second kappa shape index (κ2) is 11.5. The molecular formula is C29H34N6O2. The fraction of sp³-hybridized carbons (Fsp3) is 0.379. The zero-order chi connectivity index (χ0) is 25.6. The number of carbonyl (C=O) groups excluding carboxylic acids is 1. The van der Waals surface area contributed by atoms with Crippen LogP contribution in [-0.2, 0) is 6.42 Å². The number of anilines is 1. The van der Waals surface area contributed by atoms with Gasteiger partial charge >= 0.3 is 0 Å². The van der Waals surface area contributed by atoms with Crippen LogP contribution in [0, 0.1) is 11.3 Å². The fourth-order valence-electron chi connectivity index (χ4n) is 5.07. The number of benzene rings is 2. The maximum absolute atomic E-state index is 12.3. The van der Waals surface area contributed by atoms with Gasteiger partial charge in [-0.15, -0.1) is 0 Å². The molecule has 1 aliphatic rings. The number of aromatic amines is 1. The monoisotopic (exact) mass is 498 g/mol. The van der Waals surface area contributed by atoms with E-state index in [4.69, 9.17) is 10.2 Å². The Morgan fingerprint density at radius 3 is 2.76 bits per heavy atom. The van der Waals surface area contributed by atoms with E-state index in [-0.39, 0.29) is 5.91 Å². The smallest absolute Gasteiger partial charge is 0.287 e. The first kappa shape index (κ1) is 24.9. The van der Waals surface area contributed by atoms with Crippen molar-refractivity contribution in [2.75, 3.05) is 50.7 Å². The van der Waals surface area contributed by atoms with Gasteiger partial charge in [-0.2, -0.15) is 5.26 Å². The van der Waals surface area contributed by atoms with E-state index < -0.39 is 0 Å². The first-order valence-corrected chi connectivity index (χ1v) is 13.1. The van der Waals surface area contributed by atoms with Crippen LogP contribution < -0.4 is 16.0 Å². The second-order valence-electron chi connectivity index (χ2n) is 9.70. The van der Waals surface area contributed by atoms with Gasteiger partial charge < -0.3 is 25.4 Å². The molecule has 2 aromatic carbocycles. The Bertz CT molecular complexity index is 1410. The molecule has 0 saturated carbocycles. The van der Waals surface area contributed by atoms with Crippen LogP contribution in [-0.4, -0.2) is 61.6 Å². The molecule has 0 aliphatic carbocycles. The van der Waals surface area contributed by atoms with Gasteiger partial charge in [-0.05, 0) is 86.8 Å². The highest BCUT2D eigenvalue weighted by Crippen LogP contribution is 2.26. The van der Waals surface area contributed by atoms with Gasteiger partial charge in [-0.25, -0.2) is 0 Å². The number of rotatable bonds is 10. The van der Waals surface area contributed by atoms with Crippen molar-refractivity contribution in [2.45, 2.75) is 25.7 Å². The minimum absolute atomic E-state index is 0.198. The third kappa shape index (κ3) is 5.79. The van der Waals surface area contributed by atoms with Crippen molar-refractivity contribution in [3.63, 3.8) is 0 Å². The molecule has 0 spiro atoms. The summed E-state index contributed by atoms with van der Waals surface area (Å²) >= 11 is 0. The number of aryl methyl sites for hydroxylation is 1. The van der Waals surface area contributed by atoms with Crippen LogP contribution in [0.2, 0.25) is 0 Å². The molecule has 0 radical (unpaired) electrons. The normalized spacial score (nSPS) is 14.3. The SMILES string of the molecule is N#Cc1ccc2[nH]cc(CCCCN3CCN(c4ccc5oc(C(=O)NCCCN)cc5c4)CC3)c2c1. The summed E-state index contributed by atoms with van der Waals surface area (Å²) in [6.07, 6.45) is 6.13. The Hall–Kier alpha value is -3.80. The van der Waals surface area contributed by atoms with Gasteiger partial charge in [-0.1, -0.05) is 0 Å². The molecule has 1 amide bonds. The molecule has 5 rings (SSSR count). The Morgan fingerprint density at radius 1 is 1.08 bits per heavy atom. The summed E-state index contributed by atoms with van der Waals surface area (Å²) < 4.78 is 5.75. The number of H-pyrrole nitrogens is 1. The molecule has 37 heavy (non-hydrogen) atoms. The van der Waals surface area contributed by atoms with Crippen LogP contribution in [0.3, 0.4) is 0 Å². The van der Waals surface area contributed by atoms with Crippen molar-refractivity contribution < 1.29 is 9.21 Å². The number of nitriles is 1. The number of nitrogens with two attached hydrogens (primary N) is 1. The number of amides is 1. The summed E-state index contributed by atoms with van der Waals surface area (Å²) in [6.45, 7) is 6.24. The largest absolute Gasteiger partial charge is 0.451 e. The predicted octanol–water partition coefficient (Wildman–Crippen LogP) is 4.01. The molecule has 1 aliphatic heterocycles. The average molecular weight is 499 g/mol. The lowest BCUT2D eigenvalue weighted by Crippen LogP contribution is -2.46. The van der Waals surface area contributed by atoms with E-state index in [0.717, 1.165) is 74.9 Å². The van der Waals surface area contributed by atoms with Crippen LogP contribution in [0.4, 0.5) is 5.69 Å². The van der Waals surface area contributed by atoms with Crippen molar-refractivity contribution in [3.05, 3.63) is 65.5 Å². The number of hydrogen-bond acceptors (Lipinski definition) is 6. The molecule has 3 heterocycles. The lowest BCUT2D eigenvalue weighted by Gasteiger charge is -2.36. The standard InChI is InChI=1S/C29H34N6O2/c30-9-3-10-32-29(36)28-18-23-17-24(6-8-27(23)37-28)35-14-12-34(13-15-35)11-2-1-4-22-20-33-26-7-5-21(19-31)16-25(22)26/h5-8,16-18,20,33H,1-4,9-15,30H2,(H,32,36). The maximum Gasteiger partial charge on any atom is 0.287 e. The summed E-state index contributed by atoms with van der Waals surface area (Å²) in [7, 11) is 0. The minimum atomic E-state index is -0.198. The predicted molar refractivity (Wildman–Crippen MR) is 147 cm³/mol. The van der Waals surface area contributed by atoms with Crippen LogP contribution in [0.1, 0.15) is 40.9 Å². The number of fused-ring (bicyclic) bond motifs is 2. The van der Waals surface area contributed by atoms with Gasteiger partial charge in [0.05, 0.1) is 11.6 Å². The maximum atomic E-state index is 12.3. The van der Waals surface area contributed by atoms with E-state index in [1.165, 1.54) is 16.6 Å². The number of piperazine rings is 1. The lowest BCUT2D eigenvalue weighted by atomic mass is 10.1. The zero-order valence-electron chi connectivity index (χ0n) is 21.1. The fourth-order valence-corrected chi connectivity index (χ4v) is 5.07. The van der Waals surface area contributed by atoms with E-state index in [1.54, 1.807) is 0 Å². The average Bonchev–Trinajstić information content (AvgIpc) is 3.55. The highest BCUT2D eigenvalue weighted by molar-refractivity contribution is 5.96. The highest BCUT2D eigenvalue weighted by Gasteiger charge is 2.18. The van der Waals surface area contributed by atoms with E-state index in [9.17, 15) is 10.1 Å². The zero-order valence-corrected chi connectivity index (χ0v) is 21.1. The van der Waals surface area contributed by atoms with Crippen molar-refractivity contribution >= 4 is 33.5 Å². The van der Waals surface area contributed by atoms with Gasteiger partial charge in [0.1, 0.15) is 5.58 Å². The Morgan fingerprint density at radius 2 is 1.95 bits per heavy atom. The third-order valence-electron chi connectivity index (χ3n) is 7.19. The molecule has 8 heteroatoms. The van der Waals surface area contributed by atoms with Crippen molar-refractivity contribution in [3.8, 4) is 6.07 Å². The van der Waals surface area contributed by atoms with Crippen molar-refractivity contribution in [2.24, 2.45) is 5.73 Å². The minimum Gasteiger partial charge on any atom is -0.451 e. The Balaban J connectivity index is 1.09. The molecule has 0 atom stereocenters. The summed E-state index contributed by atoms with van der Waals surface area (Å²) in [6, 6.07) is 16.0. The molecule has 8 nitrogen and oxygen atoms in total. The topological polar surface area (TPSA) is 114 Å². The molecule has 4 aromatic rings.